The van der Waals surface area contributed by atoms with Crippen LogP contribution < -0.4 is 5.32 Å². The lowest BCUT2D eigenvalue weighted by Gasteiger charge is -2.34. The summed E-state index contributed by atoms with van der Waals surface area (Å²) >= 11 is 1.65. The number of carbonyl (C=O) groups is 2. The van der Waals surface area contributed by atoms with Gasteiger partial charge >= 0.3 is 6.03 Å². The Labute approximate surface area is 159 Å². The highest BCUT2D eigenvalue weighted by molar-refractivity contribution is 7.99. The average molecular weight is 374 g/mol. The topological polar surface area (TPSA) is 52.7 Å². The number of piperidine rings is 1. The third-order valence-electron chi connectivity index (χ3n) is 4.94. The van der Waals surface area contributed by atoms with Crippen molar-refractivity contribution < 1.29 is 9.59 Å². The van der Waals surface area contributed by atoms with Crippen LogP contribution in [0.1, 0.15) is 25.7 Å². The van der Waals surface area contributed by atoms with Gasteiger partial charge in [0.2, 0.25) is 5.91 Å². The minimum absolute atomic E-state index is 0.00979. The first-order valence-corrected chi connectivity index (χ1v) is 10.3. The summed E-state index contributed by atoms with van der Waals surface area (Å²) in [5, 5.41) is 3.07. The number of urea groups is 1. The number of nitrogens with zero attached hydrogens (tertiary/aromatic N) is 2. The summed E-state index contributed by atoms with van der Waals surface area (Å²) in [5.74, 6) is 0.664. The van der Waals surface area contributed by atoms with Crippen molar-refractivity contribution in [3.8, 4) is 0 Å². The lowest BCUT2D eigenvalue weighted by Crippen LogP contribution is -2.48. The second-order valence-electron chi connectivity index (χ2n) is 6.85. The van der Waals surface area contributed by atoms with Crippen molar-refractivity contribution in [3.63, 3.8) is 0 Å². The summed E-state index contributed by atoms with van der Waals surface area (Å²) in [7, 11) is 0. The van der Waals surface area contributed by atoms with E-state index in [2.05, 4.69) is 11.9 Å². The van der Waals surface area contributed by atoms with Gasteiger partial charge in [-0.25, -0.2) is 4.79 Å². The van der Waals surface area contributed by atoms with Gasteiger partial charge in [0.25, 0.3) is 0 Å². The number of rotatable bonds is 5. The lowest BCUT2D eigenvalue weighted by atomic mass is 9.97. The molecule has 2 aliphatic rings. The van der Waals surface area contributed by atoms with E-state index >= 15 is 0 Å². The molecule has 0 bridgehead atoms. The second kappa shape index (κ2) is 9.12. The number of likely N-dealkylation sites (tertiary alicyclic amines) is 2. The van der Waals surface area contributed by atoms with Crippen molar-refractivity contribution in [3.05, 3.63) is 36.9 Å². The van der Waals surface area contributed by atoms with E-state index in [0.29, 0.717) is 6.54 Å². The van der Waals surface area contributed by atoms with Crippen LogP contribution in [0.3, 0.4) is 0 Å². The molecule has 6 heteroatoms. The van der Waals surface area contributed by atoms with Gasteiger partial charge in [-0.1, -0.05) is 18.2 Å². The zero-order chi connectivity index (χ0) is 18.4. The van der Waals surface area contributed by atoms with E-state index in [1.807, 2.05) is 40.1 Å². The molecule has 0 aliphatic carbocycles. The first kappa shape index (κ1) is 18.8. The Bertz CT molecular complexity index is 658. The number of hydrogen-bond acceptors (Lipinski definition) is 3. The van der Waals surface area contributed by atoms with Crippen molar-refractivity contribution in [2.75, 3.05) is 37.2 Å². The molecule has 1 aromatic rings. The Hall–Kier alpha value is -1.95. The molecule has 1 unspecified atom stereocenters. The van der Waals surface area contributed by atoms with Crippen LogP contribution in [-0.4, -0.2) is 53.7 Å². The maximum atomic E-state index is 12.8. The van der Waals surface area contributed by atoms with Gasteiger partial charge < -0.3 is 15.1 Å². The van der Waals surface area contributed by atoms with Gasteiger partial charge in [-0.3, -0.25) is 4.79 Å². The minimum atomic E-state index is -0.146. The van der Waals surface area contributed by atoms with E-state index in [4.69, 9.17) is 0 Å². The van der Waals surface area contributed by atoms with E-state index in [1.54, 1.807) is 11.8 Å². The van der Waals surface area contributed by atoms with Crippen LogP contribution in [0, 0.1) is 5.92 Å². The van der Waals surface area contributed by atoms with E-state index in [0.717, 1.165) is 61.7 Å². The fraction of sp³-hybridized carbons (Fsp3) is 0.500. The van der Waals surface area contributed by atoms with Crippen LogP contribution in [-0.2, 0) is 4.79 Å². The van der Waals surface area contributed by atoms with Crippen molar-refractivity contribution in [1.82, 2.24) is 9.80 Å². The standard InChI is InChI=1S/C20H27N3O2S/c1-2-14-26-18-10-4-3-9-17(18)21-19(24)16-8-7-13-23(15-16)20(25)22-11-5-6-12-22/h2-4,9-10,16H,1,5-8,11-15H2,(H,21,24). The van der Waals surface area contributed by atoms with E-state index in [-0.39, 0.29) is 17.9 Å². The number of amides is 3. The first-order valence-electron chi connectivity index (χ1n) is 9.36. The fourth-order valence-electron chi connectivity index (χ4n) is 3.55. The van der Waals surface area contributed by atoms with Crippen LogP contribution in [0.25, 0.3) is 0 Å². The summed E-state index contributed by atoms with van der Waals surface area (Å²) in [6, 6.07) is 7.94. The molecule has 140 valence electrons. The first-order chi connectivity index (χ1) is 12.7. The number of nitrogens with one attached hydrogen (secondary N) is 1. The van der Waals surface area contributed by atoms with Gasteiger partial charge in [0.15, 0.2) is 0 Å². The van der Waals surface area contributed by atoms with Gasteiger partial charge in [-0.2, -0.15) is 0 Å². The molecule has 26 heavy (non-hydrogen) atoms. The van der Waals surface area contributed by atoms with Gasteiger partial charge in [-0.05, 0) is 37.8 Å². The highest BCUT2D eigenvalue weighted by Gasteiger charge is 2.31. The highest BCUT2D eigenvalue weighted by atomic mass is 32.2. The normalized spacial score (nSPS) is 20.1. The van der Waals surface area contributed by atoms with Crippen molar-refractivity contribution >= 4 is 29.4 Å². The van der Waals surface area contributed by atoms with Crippen LogP contribution in [0.4, 0.5) is 10.5 Å². The Morgan fingerprint density at radius 3 is 2.65 bits per heavy atom. The Morgan fingerprint density at radius 1 is 1.15 bits per heavy atom. The molecular weight excluding hydrogens is 346 g/mol. The lowest BCUT2D eigenvalue weighted by molar-refractivity contribution is -0.121. The Kier molecular flexibility index (Phi) is 6.61. The summed E-state index contributed by atoms with van der Waals surface area (Å²) in [4.78, 5) is 30.2. The monoisotopic (exact) mass is 373 g/mol. The molecule has 2 aliphatic heterocycles. The van der Waals surface area contributed by atoms with Gasteiger partial charge in [0.1, 0.15) is 0 Å². The molecule has 3 amide bonds. The molecule has 1 atom stereocenters. The molecule has 5 nitrogen and oxygen atoms in total. The Morgan fingerprint density at radius 2 is 1.88 bits per heavy atom. The predicted molar refractivity (Wildman–Crippen MR) is 106 cm³/mol. The molecule has 2 saturated heterocycles. The second-order valence-corrected chi connectivity index (χ2v) is 7.91. The van der Waals surface area contributed by atoms with Crippen molar-refractivity contribution in [1.29, 1.82) is 0 Å². The summed E-state index contributed by atoms with van der Waals surface area (Å²) in [5.41, 5.74) is 0.840. The van der Waals surface area contributed by atoms with Crippen LogP contribution in [0.5, 0.6) is 0 Å². The summed E-state index contributed by atoms with van der Waals surface area (Å²) in [6.45, 7) is 6.71. The number of para-hydroxylation sites is 1. The Balaban J connectivity index is 1.61. The number of benzene rings is 1. The molecule has 0 spiro atoms. The largest absolute Gasteiger partial charge is 0.325 e. The third kappa shape index (κ3) is 4.61. The molecule has 0 aromatic heterocycles. The summed E-state index contributed by atoms with van der Waals surface area (Å²) < 4.78 is 0. The molecule has 0 radical (unpaired) electrons. The van der Waals surface area contributed by atoms with Crippen LogP contribution in [0.2, 0.25) is 0 Å². The van der Waals surface area contributed by atoms with E-state index in [9.17, 15) is 9.59 Å². The molecule has 2 fully saturated rings. The van der Waals surface area contributed by atoms with Gasteiger partial charge in [0.05, 0.1) is 11.6 Å². The summed E-state index contributed by atoms with van der Waals surface area (Å²) in [6.07, 6.45) is 5.74. The zero-order valence-electron chi connectivity index (χ0n) is 15.2. The molecule has 1 N–H and O–H groups in total. The third-order valence-corrected chi connectivity index (χ3v) is 6.01. The molecular formula is C20H27N3O2S. The fourth-order valence-corrected chi connectivity index (χ4v) is 4.30. The number of carbonyl (C=O) groups excluding carboxylic acids is 2. The van der Waals surface area contributed by atoms with Gasteiger partial charge in [-0.15, -0.1) is 18.3 Å². The molecule has 0 saturated carbocycles. The van der Waals surface area contributed by atoms with Crippen molar-refractivity contribution in [2.45, 2.75) is 30.6 Å². The number of thioether (sulfide) groups is 1. The van der Waals surface area contributed by atoms with E-state index in [1.165, 1.54) is 0 Å². The predicted octanol–water partition coefficient (Wildman–Crippen LogP) is 3.83. The number of anilines is 1. The van der Waals surface area contributed by atoms with Crippen molar-refractivity contribution in [2.24, 2.45) is 5.92 Å². The average Bonchev–Trinajstić information content (AvgIpc) is 3.21. The molecule has 1 aromatic carbocycles. The minimum Gasteiger partial charge on any atom is -0.325 e. The highest BCUT2D eigenvalue weighted by Crippen LogP contribution is 2.28. The van der Waals surface area contributed by atoms with Crippen LogP contribution >= 0.6 is 11.8 Å². The maximum Gasteiger partial charge on any atom is 0.320 e. The molecule has 2 heterocycles. The quantitative estimate of drug-likeness (QED) is 0.630. The zero-order valence-corrected chi connectivity index (χ0v) is 16.0. The smallest absolute Gasteiger partial charge is 0.320 e. The number of hydrogen-bond donors (Lipinski definition) is 1. The van der Waals surface area contributed by atoms with Gasteiger partial charge in [0, 0.05) is 36.8 Å². The SMILES string of the molecule is C=CCSc1ccccc1NC(=O)C1CCCN(C(=O)N2CCCC2)C1. The molecule has 3 rings (SSSR count). The van der Waals surface area contributed by atoms with E-state index < -0.39 is 0 Å². The van der Waals surface area contributed by atoms with Crippen LogP contribution in [0.15, 0.2) is 41.8 Å². The maximum absolute atomic E-state index is 12.8.